The average molecular weight is 479 g/mol. The van der Waals surface area contributed by atoms with E-state index in [1.807, 2.05) is 24.3 Å². The summed E-state index contributed by atoms with van der Waals surface area (Å²) in [6.45, 7) is 2.95. The summed E-state index contributed by atoms with van der Waals surface area (Å²) in [5.74, 6) is -1.16. The lowest BCUT2D eigenvalue weighted by Crippen LogP contribution is -2.62. The molecule has 2 N–H and O–H groups in total. The molecule has 2 heterocycles. The zero-order valence-corrected chi connectivity index (χ0v) is 19.8. The molecule has 3 aliphatic rings. The molecule has 1 unspecified atom stereocenters. The van der Waals surface area contributed by atoms with Crippen LogP contribution in [0.25, 0.3) is 11.1 Å². The van der Waals surface area contributed by atoms with Crippen molar-refractivity contribution in [1.82, 2.24) is 10.2 Å². The SMILES string of the molecule is CC1(C(=O)O)CCN(C(=O)C2(NC(=O)OCC3c4ccccc4-c4ccccc43)CCOC2)CC1. The van der Waals surface area contributed by atoms with Crippen LogP contribution >= 0.6 is 0 Å². The van der Waals surface area contributed by atoms with Crippen LogP contribution in [0.3, 0.4) is 0 Å². The number of amides is 2. The number of carboxylic acids is 1. The van der Waals surface area contributed by atoms with Crippen LogP contribution in [0, 0.1) is 5.41 Å². The standard InChI is InChI=1S/C27H30N2O6/c1-26(24(31)32)10-13-29(14-11-26)23(30)27(12-15-34-17-27)28-25(33)35-16-22-20-8-4-2-6-18(20)19-7-3-5-9-21(19)22/h2-9,22H,10-17H2,1H3,(H,28,33)(H,31,32). The first kappa shape index (κ1) is 23.4. The zero-order valence-electron chi connectivity index (χ0n) is 19.8. The maximum absolute atomic E-state index is 13.5. The number of alkyl carbamates (subject to hydrolysis) is 1. The van der Waals surface area contributed by atoms with E-state index < -0.39 is 23.0 Å². The van der Waals surface area contributed by atoms with Crippen molar-refractivity contribution in [3.8, 4) is 11.1 Å². The number of rotatable bonds is 5. The molecular formula is C27H30N2O6. The van der Waals surface area contributed by atoms with E-state index in [1.54, 1.807) is 11.8 Å². The van der Waals surface area contributed by atoms with Gasteiger partial charge in [-0.05, 0) is 42.0 Å². The van der Waals surface area contributed by atoms with Gasteiger partial charge in [0.2, 0.25) is 0 Å². The van der Waals surface area contributed by atoms with Crippen molar-refractivity contribution in [2.45, 2.75) is 37.6 Å². The molecule has 184 valence electrons. The molecular weight excluding hydrogens is 448 g/mol. The van der Waals surface area contributed by atoms with Gasteiger partial charge in [0.05, 0.1) is 12.0 Å². The number of hydrogen-bond donors (Lipinski definition) is 2. The number of fused-ring (bicyclic) bond motifs is 3. The molecule has 5 rings (SSSR count). The Bertz CT molecular complexity index is 1100. The van der Waals surface area contributed by atoms with Gasteiger partial charge in [-0.3, -0.25) is 9.59 Å². The number of piperidine rings is 1. The van der Waals surface area contributed by atoms with Crippen LogP contribution in [0.2, 0.25) is 0 Å². The molecule has 0 spiro atoms. The predicted octanol–water partition coefficient (Wildman–Crippen LogP) is 3.40. The Morgan fingerprint density at radius 1 is 1.03 bits per heavy atom. The number of likely N-dealkylation sites (tertiary alicyclic amines) is 1. The Morgan fingerprint density at radius 2 is 1.63 bits per heavy atom. The maximum atomic E-state index is 13.5. The summed E-state index contributed by atoms with van der Waals surface area (Å²) in [5.41, 5.74) is 2.49. The first-order chi connectivity index (χ1) is 16.8. The van der Waals surface area contributed by atoms with Gasteiger partial charge in [-0.15, -0.1) is 0 Å². The molecule has 1 aliphatic carbocycles. The Labute approximate surface area is 204 Å². The van der Waals surface area contributed by atoms with Crippen molar-refractivity contribution >= 4 is 18.0 Å². The van der Waals surface area contributed by atoms with Crippen molar-refractivity contribution in [3.05, 3.63) is 59.7 Å². The summed E-state index contributed by atoms with van der Waals surface area (Å²) < 4.78 is 11.2. The lowest BCUT2D eigenvalue weighted by molar-refractivity contribution is -0.154. The Morgan fingerprint density at radius 3 is 2.17 bits per heavy atom. The molecule has 2 fully saturated rings. The summed E-state index contributed by atoms with van der Waals surface area (Å²) in [7, 11) is 0. The highest BCUT2D eigenvalue weighted by atomic mass is 16.6. The van der Waals surface area contributed by atoms with Gasteiger partial charge in [-0.2, -0.15) is 0 Å². The van der Waals surface area contributed by atoms with E-state index in [9.17, 15) is 19.5 Å². The summed E-state index contributed by atoms with van der Waals surface area (Å²) in [5, 5.41) is 12.3. The number of hydrogen-bond acceptors (Lipinski definition) is 5. The van der Waals surface area contributed by atoms with Crippen molar-refractivity contribution in [2.75, 3.05) is 32.9 Å². The number of carbonyl (C=O) groups excluding carboxylic acids is 2. The third kappa shape index (κ3) is 4.16. The predicted molar refractivity (Wildman–Crippen MR) is 128 cm³/mol. The molecule has 0 aromatic heterocycles. The molecule has 2 aliphatic heterocycles. The first-order valence-electron chi connectivity index (χ1n) is 12.1. The molecule has 8 heteroatoms. The maximum Gasteiger partial charge on any atom is 0.408 e. The number of carboxylic acid groups (broad SMARTS) is 1. The fourth-order valence-corrected chi connectivity index (χ4v) is 5.44. The highest BCUT2D eigenvalue weighted by molar-refractivity contribution is 5.91. The topological polar surface area (TPSA) is 105 Å². The fraction of sp³-hybridized carbons (Fsp3) is 0.444. The van der Waals surface area contributed by atoms with Gasteiger partial charge in [0.15, 0.2) is 0 Å². The number of ether oxygens (including phenoxy) is 2. The van der Waals surface area contributed by atoms with Gasteiger partial charge in [-0.1, -0.05) is 48.5 Å². The van der Waals surface area contributed by atoms with Gasteiger partial charge < -0.3 is 24.8 Å². The first-order valence-corrected chi connectivity index (χ1v) is 12.1. The van der Waals surface area contributed by atoms with Crippen molar-refractivity contribution < 1.29 is 29.0 Å². The van der Waals surface area contributed by atoms with Crippen LogP contribution in [0.1, 0.15) is 43.2 Å². The summed E-state index contributed by atoms with van der Waals surface area (Å²) in [6.07, 6.45) is 0.437. The van der Waals surface area contributed by atoms with E-state index in [4.69, 9.17) is 9.47 Å². The van der Waals surface area contributed by atoms with Crippen LogP contribution in [-0.4, -0.2) is 66.4 Å². The van der Waals surface area contributed by atoms with Crippen LogP contribution in [-0.2, 0) is 19.1 Å². The zero-order chi connectivity index (χ0) is 24.6. The number of nitrogens with zero attached hydrogens (tertiary/aromatic N) is 1. The smallest absolute Gasteiger partial charge is 0.408 e. The lowest BCUT2D eigenvalue weighted by Gasteiger charge is -2.40. The van der Waals surface area contributed by atoms with Gasteiger partial charge in [0, 0.05) is 32.0 Å². The number of aliphatic carboxylic acids is 1. The Balaban J connectivity index is 1.26. The Kier molecular flexibility index (Phi) is 6.01. The van der Waals surface area contributed by atoms with E-state index >= 15 is 0 Å². The molecule has 0 saturated carbocycles. The molecule has 2 saturated heterocycles. The van der Waals surface area contributed by atoms with Crippen LogP contribution in [0.4, 0.5) is 4.79 Å². The van der Waals surface area contributed by atoms with Crippen molar-refractivity contribution in [2.24, 2.45) is 5.41 Å². The molecule has 2 amide bonds. The van der Waals surface area contributed by atoms with Gasteiger partial charge in [0.25, 0.3) is 5.91 Å². The monoisotopic (exact) mass is 478 g/mol. The highest BCUT2D eigenvalue weighted by Crippen LogP contribution is 2.44. The largest absolute Gasteiger partial charge is 0.481 e. The highest BCUT2D eigenvalue weighted by Gasteiger charge is 2.48. The van der Waals surface area contributed by atoms with E-state index in [0.717, 1.165) is 22.3 Å². The normalized spacial score (nSPS) is 22.8. The molecule has 35 heavy (non-hydrogen) atoms. The quantitative estimate of drug-likeness (QED) is 0.683. The molecule has 2 aromatic carbocycles. The second-order valence-electron chi connectivity index (χ2n) is 9.99. The summed E-state index contributed by atoms with van der Waals surface area (Å²) in [4.78, 5) is 39.6. The minimum atomic E-state index is -1.19. The van der Waals surface area contributed by atoms with Gasteiger partial charge >= 0.3 is 12.1 Å². The second-order valence-corrected chi connectivity index (χ2v) is 9.99. The van der Waals surface area contributed by atoms with Crippen molar-refractivity contribution in [1.29, 1.82) is 0 Å². The van der Waals surface area contributed by atoms with Gasteiger partial charge in [0.1, 0.15) is 12.1 Å². The van der Waals surface area contributed by atoms with E-state index in [-0.39, 0.29) is 25.0 Å². The number of carbonyl (C=O) groups is 3. The van der Waals surface area contributed by atoms with Crippen molar-refractivity contribution in [3.63, 3.8) is 0 Å². The fourth-order valence-electron chi connectivity index (χ4n) is 5.44. The van der Waals surface area contributed by atoms with E-state index in [1.165, 1.54) is 0 Å². The number of benzene rings is 2. The average Bonchev–Trinajstić information content (AvgIpc) is 3.46. The summed E-state index contributed by atoms with van der Waals surface area (Å²) >= 11 is 0. The van der Waals surface area contributed by atoms with Gasteiger partial charge in [-0.25, -0.2) is 4.79 Å². The molecule has 1 atom stereocenters. The molecule has 0 radical (unpaired) electrons. The third-order valence-corrected chi connectivity index (χ3v) is 7.79. The molecule has 0 bridgehead atoms. The molecule has 2 aromatic rings. The Hall–Kier alpha value is -3.39. The minimum absolute atomic E-state index is 0.0721. The lowest BCUT2D eigenvalue weighted by atomic mass is 9.80. The number of nitrogens with one attached hydrogen (secondary N) is 1. The third-order valence-electron chi connectivity index (χ3n) is 7.79. The summed E-state index contributed by atoms with van der Waals surface area (Å²) in [6, 6.07) is 16.2. The van der Waals surface area contributed by atoms with Crippen LogP contribution in [0.5, 0.6) is 0 Å². The van der Waals surface area contributed by atoms with Crippen LogP contribution in [0.15, 0.2) is 48.5 Å². The minimum Gasteiger partial charge on any atom is -0.481 e. The molecule has 8 nitrogen and oxygen atoms in total. The second kappa shape index (κ2) is 9.00. The van der Waals surface area contributed by atoms with E-state index in [0.29, 0.717) is 39.0 Å². The van der Waals surface area contributed by atoms with E-state index in [2.05, 4.69) is 29.6 Å². The van der Waals surface area contributed by atoms with Crippen LogP contribution < -0.4 is 5.32 Å².